The molecule has 164 valence electrons. The highest BCUT2D eigenvalue weighted by Gasteiger charge is 2.15. The van der Waals surface area contributed by atoms with Crippen molar-refractivity contribution >= 4 is 11.6 Å². The van der Waals surface area contributed by atoms with E-state index < -0.39 is 0 Å². The Morgan fingerprint density at radius 1 is 1.17 bits per heavy atom. The van der Waals surface area contributed by atoms with E-state index in [1.54, 1.807) is 0 Å². The Morgan fingerprint density at radius 2 is 1.93 bits per heavy atom. The molecular formula is C23H37N7. The summed E-state index contributed by atoms with van der Waals surface area (Å²) in [6, 6.07) is 11.1. The lowest BCUT2D eigenvalue weighted by atomic mass is 9.96. The molecule has 0 atom stereocenters. The van der Waals surface area contributed by atoms with Crippen LogP contribution in [0.4, 0.5) is 5.69 Å². The maximum Gasteiger partial charge on any atom is 0.191 e. The van der Waals surface area contributed by atoms with Crippen molar-refractivity contribution in [1.29, 1.82) is 0 Å². The lowest BCUT2D eigenvalue weighted by Gasteiger charge is -2.26. The number of hydrogen-bond donors (Lipinski definition) is 2. The Kier molecular flexibility index (Phi) is 8.53. The van der Waals surface area contributed by atoms with Gasteiger partial charge in [-0.3, -0.25) is 0 Å². The van der Waals surface area contributed by atoms with Crippen molar-refractivity contribution in [3.63, 3.8) is 0 Å². The minimum Gasteiger partial charge on any atom is -0.372 e. The Bertz CT molecular complexity index is 778. The number of rotatable bonds is 9. The van der Waals surface area contributed by atoms with E-state index in [1.165, 1.54) is 37.8 Å². The molecule has 1 fully saturated rings. The zero-order valence-corrected chi connectivity index (χ0v) is 18.8. The number of aromatic nitrogens is 3. The van der Waals surface area contributed by atoms with Gasteiger partial charge in [-0.15, -0.1) is 10.2 Å². The molecule has 0 spiro atoms. The summed E-state index contributed by atoms with van der Waals surface area (Å²) in [5.74, 6) is 2.69. The molecule has 0 aliphatic heterocycles. The van der Waals surface area contributed by atoms with E-state index in [-0.39, 0.29) is 0 Å². The van der Waals surface area contributed by atoms with Crippen LogP contribution in [0.5, 0.6) is 0 Å². The summed E-state index contributed by atoms with van der Waals surface area (Å²) in [5.41, 5.74) is 1.28. The number of nitrogens with one attached hydrogen (secondary N) is 2. The van der Waals surface area contributed by atoms with Gasteiger partial charge in [0.2, 0.25) is 0 Å². The lowest BCUT2D eigenvalue weighted by Crippen LogP contribution is -2.45. The average Bonchev–Trinajstić information content (AvgIpc) is 3.11. The number of para-hydroxylation sites is 1. The molecule has 0 amide bonds. The summed E-state index contributed by atoms with van der Waals surface area (Å²) in [6.07, 6.45) is 7.45. The predicted molar refractivity (Wildman–Crippen MR) is 124 cm³/mol. The van der Waals surface area contributed by atoms with Crippen molar-refractivity contribution < 1.29 is 0 Å². The van der Waals surface area contributed by atoms with Gasteiger partial charge in [-0.25, -0.2) is 4.99 Å². The molecule has 0 saturated heterocycles. The monoisotopic (exact) mass is 411 g/mol. The molecule has 1 aliphatic carbocycles. The van der Waals surface area contributed by atoms with Crippen LogP contribution in [-0.2, 0) is 13.6 Å². The van der Waals surface area contributed by atoms with Crippen molar-refractivity contribution in [2.45, 2.75) is 65.0 Å². The van der Waals surface area contributed by atoms with Crippen LogP contribution in [0.25, 0.3) is 0 Å². The first kappa shape index (κ1) is 22.1. The Hall–Kier alpha value is -2.57. The average molecular weight is 412 g/mol. The number of aliphatic imine (C=N–C) groups is 1. The molecule has 0 unspecified atom stereocenters. The van der Waals surface area contributed by atoms with Crippen LogP contribution in [-0.4, -0.2) is 46.4 Å². The number of benzene rings is 1. The Balaban J connectivity index is 1.54. The molecule has 1 aromatic heterocycles. The van der Waals surface area contributed by atoms with Crippen molar-refractivity contribution in [2.75, 3.05) is 24.5 Å². The Labute approximate surface area is 181 Å². The van der Waals surface area contributed by atoms with Crippen molar-refractivity contribution in [1.82, 2.24) is 25.4 Å². The lowest BCUT2D eigenvalue weighted by molar-refractivity contribution is 0.409. The summed E-state index contributed by atoms with van der Waals surface area (Å²) in [6.45, 7) is 7.63. The van der Waals surface area contributed by atoms with Crippen LogP contribution < -0.4 is 15.5 Å². The highest BCUT2D eigenvalue weighted by molar-refractivity contribution is 5.80. The second-order valence-electron chi connectivity index (χ2n) is 8.06. The van der Waals surface area contributed by atoms with Gasteiger partial charge < -0.3 is 20.1 Å². The van der Waals surface area contributed by atoms with Crippen LogP contribution in [0.1, 0.15) is 57.1 Å². The standard InChI is InChI=1S/C23H37N7/c1-4-30(21-14-9-6-10-15-21)17-11-16-24-23(26-20-12-7-5-8-13-20)25-18-22-28-27-19(2)29(22)3/h6,9-10,14-15,20H,4-5,7-8,11-13,16-18H2,1-3H3,(H2,24,25,26). The van der Waals surface area contributed by atoms with Crippen LogP contribution in [0, 0.1) is 6.92 Å². The summed E-state index contributed by atoms with van der Waals surface area (Å²) < 4.78 is 2.00. The first-order valence-corrected chi connectivity index (χ1v) is 11.4. The number of aryl methyl sites for hydroxylation is 1. The third-order valence-corrected chi connectivity index (χ3v) is 5.91. The maximum absolute atomic E-state index is 4.81. The van der Waals surface area contributed by atoms with Crippen molar-refractivity contribution in [3.8, 4) is 0 Å². The minimum atomic E-state index is 0.516. The van der Waals surface area contributed by atoms with Gasteiger partial charge in [0, 0.05) is 38.4 Å². The van der Waals surface area contributed by atoms with E-state index in [1.807, 2.05) is 18.5 Å². The Morgan fingerprint density at radius 3 is 2.60 bits per heavy atom. The first-order chi connectivity index (χ1) is 14.7. The number of hydrogen-bond acceptors (Lipinski definition) is 4. The summed E-state index contributed by atoms with van der Waals surface area (Å²) in [5, 5.41) is 15.6. The fourth-order valence-electron chi connectivity index (χ4n) is 3.92. The minimum absolute atomic E-state index is 0.516. The summed E-state index contributed by atoms with van der Waals surface area (Å²) >= 11 is 0. The van der Waals surface area contributed by atoms with Gasteiger partial charge in [0.05, 0.1) is 0 Å². The second kappa shape index (κ2) is 11.6. The van der Waals surface area contributed by atoms with Crippen LogP contribution in [0.2, 0.25) is 0 Å². The van der Waals surface area contributed by atoms with Gasteiger partial charge >= 0.3 is 0 Å². The van der Waals surface area contributed by atoms with Gasteiger partial charge in [-0.1, -0.05) is 37.5 Å². The van der Waals surface area contributed by atoms with Gasteiger partial charge in [0.1, 0.15) is 12.4 Å². The molecule has 7 heteroatoms. The van der Waals surface area contributed by atoms with Crippen molar-refractivity contribution in [2.24, 2.45) is 12.0 Å². The van der Waals surface area contributed by atoms with Crippen LogP contribution >= 0.6 is 0 Å². The fourth-order valence-corrected chi connectivity index (χ4v) is 3.92. The number of nitrogens with zero attached hydrogens (tertiary/aromatic N) is 5. The normalized spacial score (nSPS) is 15.2. The van der Waals surface area contributed by atoms with Gasteiger partial charge in [-0.2, -0.15) is 0 Å². The highest BCUT2D eigenvalue weighted by atomic mass is 15.3. The first-order valence-electron chi connectivity index (χ1n) is 11.4. The highest BCUT2D eigenvalue weighted by Crippen LogP contribution is 2.17. The molecule has 30 heavy (non-hydrogen) atoms. The quantitative estimate of drug-likeness (QED) is 0.376. The molecule has 2 aromatic rings. The summed E-state index contributed by atoms with van der Waals surface area (Å²) in [4.78, 5) is 7.23. The second-order valence-corrected chi connectivity index (χ2v) is 8.06. The number of anilines is 1. The molecule has 1 aliphatic rings. The molecule has 1 heterocycles. The largest absolute Gasteiger partial charge is 0.372 e. The fraction of sp³-hybridized carbons (Fsp3) is 0.609. The van der Waals surface area contributed by atoms with E-state index in [0.29, 0.717) is 12.6 Å². The van der Waals surface area contributed by atoms with E-state index >= 15 is 0 Å². The molecule has 3 rings (SSSR count). The molecule has 2 N–H and O–H groups in total. The maximum atomic E-state index is 4.81. The smallest absolute Gasteiger partial charge is 0.191 e. The van der Waals surface area contributed by atoms with E-state index in [2.05, 4.69) is 63.0 Å². The zero-order chi connectivity index (χ0) is 21.2. The zero-order valence-electron chi connectivity index (χ0n) is 18.8. The van der Waals surface area contributed by atoms with Gasteiger partial charge in [-0.05, 0) is 45.2 Å². The predicted octanol–water partition coefficient (Wildman–Crippen LogP) is 3.41. The summed E-state index contributed by atoms with van der Waals surface area (Å²) in [7, 11) is 1.99. The number of guanidine groups is 1. The molecule has 1 aromatic carbocycles. The topological polar surface area (TPSA) is 70.4 Å². The van der Waals surface area contributed by atoms with Gasteiger partial charge in [0.25, 0.3) is 0 Å². The van der Waals surface area contributed by atoms with Crippen LogP contribution in [0.3, 0.4) is 0 Å². The van der Waals surface area contributed by atoms with E-state index in [9.17, 15) is 0 Å². The molecule has 7 nitrogen and oxygen atoms in total. The van der Waals surface area contributed by atoms with Gasteiger partial charge in [0.15, 0.2) is 11.8 Å². The molecular weight excluding hydrogens is 374 g/mol. The molecule has 0 radical (unpaired) electrons. The van der Waals surface area contributed by atoms with E-state index in [4.69, 9.17) is 4.99 Å². The van der Waals surface area contributed by atoms with E-state index in [0.717, 1.165) is 43.7 Å². The third kappa shape index (κ3) is 6.47. The van der Waals surface area contributed by atoms with Crippen molar-refractivity contribution in [3.05, 3.63) is 42.0 Å². The SMILES string of the molecule is CCN(CCCNC(=NCc1nnc(C)n1C)NC1CCCCC1)c1ccccc1. The molecule has 0 bridgehead atoms. The van der Waals surface area contributed by atoms with Crippen LogP contribution in [0.15, 0.2) is 35.3 Å². The molecule has 1 saturated carbocycles. The third-order valence-electron chi connectivity index (χ3n) is 5.91.